The van der Waals surface area contributed by atoms with Crippen molar-refractivity contribution in [2.75, 3.05) is 7.11 Å². The molecule has 5 nitrogen and oxygen atoms in total. The van der Waals surface area contributed by atoms with Crippen LogP contribution in [0, 0.1) is 5.21 Å². The Hall–Kier alpha value is -1.26. The van der Waals surface area contributed by atoms with Gasteiger partial charge in [0.2, 0.25) is 5.71 Å². The first-order valence-corrected chi connectivity index (χ1v) is 3.69. The molecule has 0 bridgehead atoms. The molecule has 0 aromatic rings. The Kier molecular flexibility index (Phi) is 4.83. The lowest BCUT2D eigenvalue weighted by atomic mass is 10.2. The van der Waals surface area contributed by atoms with Gasteiger partial charge in [-0.3, -0.25) is 10.0 Å². The molecular weight excluding hydrogens is 162 g/mol. The number of methoxy groups -OCH3 is 1. The van der Waals surface area contributed by atoms with Crippen molar-refractivity contribution in [3.63, 3.8) is 0 Å². The highest BCUT2D eigenvalue weighted by molar-refractivity contribution is 5.83. The second-order valence-corrected chi connectivity index (χ2v) is 2.27. The van der Waals surface area contributed by atoms with Gasteiger partial charge in [-0.25, -0.2) is 0 Å². The monoisotopic (exact) mass is 175 g/mol. The topological polar surface area (TPSA) is 72.6 Å². The molecule has 0 radical (unpaired) electrons. The standard InChI is InChI=1S/C7H13NO4/c1-3-6(8(10)11)4-5-7(9)12-2/h3-5H2,1-2H3,(H,10,11). The first kappa shape index (κ1) is 10.7. The van der Waals surface area contributed by atoms with E-state index in [2.05, 4.69) is 4.74 Å². The zero-order valence-electron chi connectivity index (χ0n) is 7.24. The van der Waals surface area contributed by atoms with Crippen LogP contribution in [0.2, 0.25) is 0 Å². The van der Waals surface area contributed by atoms with Crippen LogP contribution in [0.15, 0.2) is 0 Å². The van der Waals surface area contributed by atoms with Crippen molar-refractivity contribution in [1.29, 1.82) is 0 Å². The molecular formula is C7H13NO4. The summed E-state index contributed by atoms with van der Waals surface area (Å²) in [4.78, 5) is 10.4. The van der Waals surface area contributed by atoms with E-state index in [1.807, 2.05) is 0 Å². The number of nitrogens with zero attached hydrogens (tertiary/aromatic N) is 1. The second kappa shape index (κ2) is 5.40. The molecule has 5 heteroatoms. The molecule has 0 rings (SSSR count). The van der Waals surface area contributed by atoms with Gasteiger partial charge in [-0.1, -0.05) is 6.92 Å². The molecule has 0 heterocycles. The van der Waals surface area contributed by atoms with E-state index in [-0.39, 0.29) is 29.4 Å². The summed E-state index contributed by atoms with van der Waals surface area (Å²) >= 11 is 0. The van der Waals surface area contributed by atoms with Crippen LogP contribution in [-0.4, -0.2) is 28.9 Å². The summed E-state index contributed by atoms with van der Waals surface area (Å²) in [5.74, 6) is -0.386. The first-order chi connectivity index (χ1) is 5.61. The van der Waals surface area contributed by atoms with E-state index in [1.54, 1.807) is 6.92 Å². The van der Waals surface area contributed by atoms with Gasteiger partial charge in [0.1, 0.15) is 0 Å². The van der Waals surface area contributed by atoms with Crippen molar-refractivity contribution in [1.82, 2.24) is 0 Å². The van der Waals surface area contributed by atoms with Crippen LogP contribution in [0.5, 0.6) is 0 Å². The van der Waals surface area contributed by atoms with Gasteiger partial charge in [0, 0.05) is 17.7 Å². The molecule has 0 atom stereocenters. The molecule has 0 fully saturated rings. The largest absolute Gasteiger partial charge is 0.469 e. The summed E-state index contributed by atoms with van der Waals surface area (Å²) in [6, 6.07) is 0. The van der Waals surface area contributed by atoms with Gasteiger partial charge in [0.25, 0.3) is 0 Å². The third-order valence-corrected chi connectivity index (χ3v) is 1.52. The summed E-state index contributed by atoms with van der Waals surface area (Å²) in [7, 11) is 1.28. The maximum absolute atomic E-state index is 10.6. The van der Waals surface area contributed by atoms with Crippen molar-refractivity contribution in [2.45, 2.75) is 26.2 Å². The molecule has 0 aliphatic rings. The van der Waals surface area contributed by atoms with Crippen LogP contribution in [0.1, 0.15) is 26.2 Å². The lowest BCUT2D eigenvalue weighted by Crippen LogP contribution is -2.13. The van der Waals surface area contributed by atoms with E-state index in [4.69, 9.17) is 5.21 Å². The van der Waals surface area contributed by atoms with Crippen LogP contribution in [0.25, 0.3) is 0 Å². The molecule has 70 valence electrons. The Labute approximate surface area is 70.8 Å². The van der Waals surface area contributed by atoms with Crippen molar-refractivity contribution in [2.24, 2.45) is 0 Å². The van der Waals surface area contributed by atoms with Crippen molar-refractivity contribution in [3.05, 3.63) is 5.21 Å². The molecule has 0 saturated carbocycles. The van der Waals surface area contributed by atoms with E-state index in [0.717, 1.165) is 0 Å². The molecule has 0 amide bonds. The number of esters is 1. The number of carbonyl (C=O) groups is 1. The fourth-order valence-electron chi connectivity index (χ4n) is 0.756. The average Bonchev–Trinajstić information content (AvgIpc) is 2.04. The van der Waals surface area contributed by atoms with Crippen molar-refractivity contribution in [3.8, 4) is 0 Å². The third kappa shape index (κ3) is 3.80. The SMILES string of the molecule is CC/C(CCC(=O)OC)=[N+](\[O-])O. The minimum absolute atomic E-state index is 0.124. The Morgan fingerprint density at radius 3 is 2.50 bits per heavy atom. The van der Waals surface area contributed by atoms with Crippen LogP contribution < -0.4 is 0 Å². The summed E-state index contributed by atoms with van der Waals surface area (Å²) in [6.07, 6.45) is 0.791. The smallest absolute Gasteiger partial charge is 0.306 e. The van der Waals surface area contributed by atoms with Gasteiger partial charge < -0.3 is 9.94 Å². The van der Waals surface area contributed by atoms with Crippen LogP contribution in [-0.2, 0) is 9.53 Å². The fourth-order valence-corrected chi connectivity index (χ4v) is 0.756. The van der Waals surface area contributed by atoms with E-state index in [9.17, 15) is 10.0 Å². The summed E-state index contributed by atoms with van der Waals surface area (Å²) in [6.45, 7) is 1.73. The van der Waals surface area contributed by atoms with Gasteiger partial charge >= 0.3 is 5.97 Å². The molecule has 0 unspecified atom stereocenters. The molecule has 0 spiro atoms. The maximum Gasteiger partial charge on any atom is 0.306 e. The summed E-state index contributed by atoms with van der Waals surface area (Å²) < 4.78 is 4.37. The number of ether oxygens (including phenoxy) is 1. The maximum atomic E-state index is 10.6. The van der Waals surface area contributed by atoms with Crippen LogP contribution in [0.3, 0.4) is 0 Å². The van der Waals surface area contributed by atoms with Gasteiger partial charge in [0.15, 0.2) is 0 Å². The molecule has 12 heavy (non-hydrogen) atoms. The van der Waals surface area contributed by atoms with Gasteiger partial charge in [-0.15, -0.1) is 0 Å². The van der Waals surface area contributed by atoms with Gasteiger partial charge in [-0.05, 0) is 0 Å². The molecule has 0 aromatic heterocycles. The Morgan fingerprint density at radius 1 is 1.58 bits per heavy atom. The first-order valence-electron chi connectivity index (χ1n) is 3.69. The molecule has 0 saturated heterocycles. The molecule has 0 aliphatic heterocycles. The van der Waals surface area contributed by atoms with Crippen molar-refractivity contribution < 1.29 is 19.6 Å². The number of carbonyl (C=O) groups excluding carboxylic acids is 1. The predicted molar refractivity (Wildman–Crippen MR) is 42.0 cm³/mol. The fraction of sp³-hybridized carbons (Fsp3) is 0.714. The van der Waals surface area contributed by atoms with E-state index >= 15 is 0 Å². The lowest BCUT2D eigenvalue weighted by molar-refractivity contribution is -0.727. The highest BCUT2D eigenvalue weighted by Crippen LogP contribution is 1.98. The van der Waals surface area contributed by atoms with Gasteiger partial charge in [0.05, 0.1) is 13.5 Å². The normalized spacial score (nSPS) is 12.2. The van der Waals surface area contributed by atoms with Crippen LogP contribution in [0.4, 0.5) is 0 Å². The minimum atomic E-state index is -0.386. The molecule has 1 N–H and O–H groups in total. The second-order valence-electron chi connectivity index (χ2n) is 2.27. The van der Waals surface area contributed by atoms with E-state index in [0.29, 0.717) is 6.42 Å². The Balaban J connectivity index is 3.91. The highest BCUT2D eigenvalue weighted by Gasteiger charge is 2.11. The number of rotatable bonds is 4. The lowest BCUT2D eigenvalue weighted by Gasteiger charge is -1.98. The zero-order valence-corrected chi connectivity index (χ0v) is 7.24. The number of hydrogen-bond donors (Lipinski definition) is 1. The minimum Gasteiger partial charge on any atom is -0.469 e. The Bertz CT molecular complexity index is 184. The van der Waals surface area contributed by atoms with E-state index in [1.165, 1.54) is 7.11 Å². The predicted octanol–water partition coefficient (Wildman–Crippen LogP) is 0.690. The van der Waals surface area contributed by atoms with Crippen molar-refractivity contribution >= 4 is 11.7 Å². The average molecular weight is 175 g/mol. The van der Waals surface area contributed by atoms with E-state index < -0.39 is 0 Å². The van der Waals surface area contributed by atoms with Gasteiger partial charge in [-0.2, -0.15) is 0 Å². The molecule has 0 aliphatic carbocycles. The van der Waals surface area contributed by atoms with Crippen LogP contribution >= 0.6 is 0 Å². The summed E-state index contributed by atoms with van der Waals surface area (Å²) in [5.41, 5.74) is 0.278. The highest BCUT2D eigenvalue weighted by atomic mass is 16.8. The number of hydrogen-bond acceptors (Lipinski definition) is 4. The quantitative estimate of drug-likeness (QED) is 0.224. The summed E-state index contributed by atoms with van der Waals surface area (Å²) in [5, 5.41) is 18.8. The third-order valence-electron chi connectivity index (χ3n) is 1.52. The zero-order chi connectivity index (χ0) is 9.56. The Morgan fingerprint density at radius 2 is 2.17 bits per heavy atom. The molecule has 0 aromatic carbocycles.